The number of rotatable bonds is 6. The first-order chi connectivity index (χ1) is 11.6. The molecule has 2 aromatic rings. The van der Waals surface area contributed by atoms with Gasteiger partial charge in [-0.25, -0.2) is 0 Å². The number of ether oxygens (including phenoxy) is 2. The first kappa shape index (κ1) is 16.3. The summed E-state index contributed by atoms with van der Waals surface area (Å²) in [4.78, 5) is 12.2. The molecule has 0 aromatic heterocycles. The van der Waals surface area contributed by atoms with E-state index in [1.54, 1.807) is 12.1 Å². The molecule has 1 heterocycles. The van der Waals surface area contributed by atoms with Crippen molar-refractivity contribution in [2.75, 3.05) is 18.7 Å². The van der Waals surface area contributed by atoms with Crippen LogP contribution in [0.25, 0.3) is 0 Å². The summed E-state index contributed by atoms with van der Waals surface area (Å²) < 4.78 is 10.6. The summed E-state index contributed by atoms with van der Waals surface area (Å²) >= 11 is 0. The summed E-state index contributed by atoms with van der Waals surface area (Å²) in [5.41, 5.74) is 1.88. The van der Waals surface area contributed by atoms with Gasteiger partial charge in [0.15, 0.2) is 11.5 Å². The zero-order valence-corrected chi connectivity index (χ0v) is 13.9. The van der Waals surface area contributed by atoms with Crippen molar-refractivity contribution in [3.05, 3.63) is 54.1 Å². The van der Waals surface area contributed by atoms with Crippen LogP contribution < -0.4 is 20.1 Å². The van der Waals surface area contributed by atoms with Crippen LogP contribution in [0, 0.1) is 5.92 Å². The normalized spacial score (nSPS) is 13.8. The van der Waals surface area contributed by atoms with E-state index < -0.39 is 0 Å². The summed E-state index contributed by atoms with van der Waals surface area (Å²) in [5, 5.41) is 6.22. The number of anilines is 1. The van der Waals surface area contributed by atoms with Crippen molar-refractivity contribution in [2.24, 2.45) is 5.92 Å². The number of carbonyl (C=O) groups is 1. The van der Waals surface area contributed by atoms with E-state index >= 15 is 0 Å². The fraction of sp³-hybridized carbons (Fsp3) is 0.316. The second kappa shape index (κ2) is 7.36. The standard InChI is InChI=1S/C19H22N2O3/c1-13(2)19(14-6-4-3-5-7-14)20-11-18(22)21-15-8-9-16-17(10-15)24-12-23-16/h3-10,13,19-20H,11-12H2,1-2H3,(H,21,22)/t19-/m1/s1. The van der Waals surface area contributed by atoms with Gasteiger partial charge in [0, 0.05) is 17.8 Å². The molecule has 3 rings (SSSR count). The lowest BCUT2D eigenvalue weighted by molar-refractivity contribution is -0.115. The quantitative estimate of drug-likeness (QED) is 0.855. The van der Waals surface area contributed by atoms with Crippen LogP contribution in [0.4, 0.5) is 5.69 Å². The van der Waals surface area contributed by atoms with E-state index in [9.17, 15) is 4.79 Å². The highest BCUT2D eigenvalue weighted by Gasteiger charge is 2.17. The van der Waals surface area contributed by atoms with Crippen molar-refractivity contribution < 1.29 is 14.3 Å². The van der Waals surface area contributed by atoms with Crippen LogP contribution in [-0.2, 0) is 4.79 Å². The van der Waals surface area contributed by atoms with Crippen molar-refractivity contribution in [2.45, 2.75) is 19.9 Å². The number of nitrogens with one attached hydrogen (secondary N) is 2. The maximum atomic E-state index is 12.2. The average Bonchev–Trinajstić information content (AvgIpc) is 3.03. The molecule has 5 nitrogen and oxygen atoms in total. The first-order valence-electron chi connectivity index (χ1n) is 8.11. The molecule has 0 spiro atoms. The summed E-state index contributed by atoms with van der Waals surface area (Å²) in [6.45, 7) is 4.74. The van der Waals surface area contributed by atoms with E-state index in [0.717, 1.165) is 0 Å². The fourth-order valence-electron chi connectivity index (χ4n) is 2.78. The van der Waals surface area contributed by atoms with Crippen LogP contribution >= 0.6 is 0 Å². The van der Waals surface area contributed by atoms with Gasteiger partial charge in [-0.15, -0.1) is 0 Å². The summed E-state index contributed by atoms with van der Waals surface area (Å²) in [7, 11) is 0. The Morgan fingerprint density at radius 2 is 1.83 bits per heavy atom. The number of hydrogen-bond donors (Lipinski definition) is 2. The predicted octanol–water partition coefficient (Wildman–Crippen LogP) is 3.34. The molecule has 0 aliphatic carbocycles. The molecule has 126 valence electrons. The third-order valence-corrected chi connectivity index (χ3v) is 3.96. The molecule has 1 atom stereocenters. The lowest BCUT2D eigenvalue weighted by Gasteiger charge is -2.22. The third-order valence-electron chi connectivity index (χ3n) is 3.96. The molecular formula is C19H22N2O3. The van der Waals surface area contributed by atoms with Gasteiger partial charge in [-0.2, -0.15) is 0 Å². The van der Waals surface area contributed by atoms with Crippen LogP contribution in [0.1, 0.15) is 25.5 Å². The maximum absolute atomic E-state index is 12.2. The summed E-state index contributed by atoms with van der Waals surface area (Å²) in [6, 6.07) is 15.7. The minimum absolute atomic E-state index is 0.0875. The third kappa shape index (κ3) is 3.86. The van der Waals surface area contributed by atoms with Gasteiger partial charge in [0.25, 0.3) is 0 Å². The SMILES string of the molecule is CC(C)[C@@H](NCC(=O)Nc1ccc2c(c1)OCO2)c1ccccc1. The predicted molar refractivity (Wildman–Crippen MR) is 93.2 cm³/mol. The molecule has 0 saturated heterocycles. The van der Waals surface area contributed by atoms with E-state index in [2.05, 4.69) is 36.6 Å². The Hall–Kier alpha value is -2.53. The molecule has 1 aliphatic rings. The van der Waals surface area contributed by atoms with Crippen molar-refractivity contribution in [3.63, 3.8) is 0 Å². The smallest absolute Gasteiger partial charge is 0.238 e. The number of carbonyl (C=O) groups excluding carboxylic acids is 1. The second-order valence-corrected chi connectivity index (χ2v) is 6.13. The van der Waals surface area contributed by atoms with Gasteiger partial charge in [-0.3, -0.25) is 4.79 Å². The molecule has 2 aromatic carbocycles. The van der Waals surface area contributed by atoms with Crippen LogP contribution in [0.3, 0.4) is 0 Å². The number of hydrogen-bond acceptors (Lipinski definition) is 4. The summed E-state index contributed by atoms with van der Waals surface area (Å²) in [5.74, 6) is 1.65. The highest BCUT2D eigenvalue weighted by Crippen LogP contribution is 2.34. The lowest BCUT2D eigenvalue weighted by Crippen LogP contribution is -2.33. The Kier molecular flexibility index (Phi) is 5.01. The van der Waals surface area contributed by atoms with Gasteiger partial charge in [-0.05, 0) is 23.6 Å². The summed E-state index contributed by atoms with van der Waals surface area (Å²) in [6.07, 6.45) is 0. The molecule has 0 bridgehead atoms. The van der Waals surface area contributed by atoms with E-state index in [4.69, 9.17) is 9.47 Å². The highest BCUT2D eigenvalue weighted by molar-refractivity contribution is 5.92. The number of amides is 1. The Morgan fingerprint density at radius 3 is 2.58 bits per heavy atom. The minimum Gasteiger partial charge on any atom is -0.454 e. The zero-order valence-electron chi connectivity index (χ0n) is 13.9. The van der Waals surface area contributed by atoms with E-state index in [0.29, 0.717) is 23.1 Å². The molecule has 1 amide bonds. The number of benzene rings is 2. The molecule has 1 aliphatic heterocycles. The minimum atomic E-state index is -0.0875. The molecule has 0 radical (unpaired) electrons. The van der Waals surface area contributed by atoms with Crippen LogP contribution in [0.5, 0.6) is 11.5 Å². The van der Waals surface area contributed by atoms with Crippen molar-refractivity contribution in [1.29, 1.82) is 0 Å². The first-order valence-corrected chi connectivity index (χ1v) is 8.11. The van der Waals surface area contributed by atoms with Gasteiger partial charge < -0.3 is 20.1 Å². The largest absolute Gasteiger partial charge is 0.454 e. The Morgan fingerprint density at radius 1 is 1.08 bits per heavy atom. The zero-order chi connectivity index (χ0) is 16.9. The molecule has 0 saturated carbocycles. The average molecular weight is 326 g/mol. The molecule has 24 heavy (non-hydrogen) atoms. The van der Waals surface area contributed by atoms with Gasteiger partial charge in [0.05, 0.1) is 6.54 Å². The van der Waals surface area contributed by atoms with Crippen LogP contribution in [0.15, 0.2) is 48.5 Å². The van der Waals surface area contributed by atoms with Gasteiger partial charge in [0.2, 0.25) is 12.7 Å². The van der Waals surface area contributed by atoms with E-state index in [1.807, 2.05) is 24.3 Å². The van der Waals surface area contributed by atoms with E-state index in [1.165, 1.54) is 5.56 Å². The van der Waals surface area contributed by atoms with Crippen molar-refractivity contribution in [1.82, 2.24) is 5.32 Å². The van der Waals surface area contributed by atoms with Crippen molar-refractivity contribution >= 4 is 11.6 Å². The lowest BCUT2D eigenvalue weighted by atomic mass is 9.96. The maximum Gasteiger partial charge on any atom is 0.238 e. The Balaban J connectivity index is 1.58. The van der Waals surface area contributed by atoms with Crippen LogP contribution in [0.2, 0.25) is 0 Å². The monoisotopic (exact) mass is 326 g/mol. The molecular weight excluding hydrogens is 304 g/mol. The molecule has 0 fully saturated rings. The Bertz CT molecular complexity index is 701. The fourth-order valence-corrected chi connectivity index (χ4v) is 2.78. The Labute approximate surface area is 142 Å². The molecule has 2 N–H and O–H groups in total. The topological polar surface area (TPSA) is 59.6 Å². The van der Waals surface area contributed by atoms with Gasteiger partial charge >= 0.3 is 0 Å². The highest BCUT2D eigenvalue weighted by atomic mass is 16.7. The van der Waals surface area contributed by atoms with E-state index in [-0.39, 0.29) is 25.3 Å². The second-order valence-electron chi connectivity index (χ2n) is 6.13. The molecule has 0 unspecified atom stereocenters. The van der Waals surface area contributed by atoms with Gasteiger partial charge in [-0.1, -0.05) is 44.2 Å². The molecule has 5 heteroatoms. The van der Waals surface area contributed by atoms with Gasteiger partial charge in [0.1, 0.15) is 0 Å². The van der Waals surface area contributed by atoms with Crippen molar-refractivity contribution in [3.8, 4) is 11.5 Å². The number of fused-ring (bicyclic) bond motifs is 1. The van der Waals surface area contributed by atoms with Crippen LogP contribution in [-0.4, -0.2) is 19.2 Å².